The fourth-order valence-electron chi connectivity index (χ4n) is 4.82. The molecule has 2 amide bonds. The van der Waals surface area contributed by atoms with Crippen LogP contribution in [0.1, 0.15) is 47.3 Å². The van der Waals surface area contributed by atoms with E-state index < -0.39 is 47.1 Å². The van der Waals surface area contributed by atoms with Crippen LogP contribution in [-0.2, 0) is 38.8 Å². The minimum atomic E-state index is -5.03. The molecule has 0 radical (unpaired) electrons. The number of nitrogens with zero attached hydrogens (tertiary/aromatic N) is 1. The molecule has 0 fully saturated rings. The van der Waals surface area contributed by atoms with E-state index in [1.807, 2.05) is 0 Å². The van der Waals surface area contributed by atoms with Gasteiger partial charge in [-0.1, -0.05) is 66.7 Å². The minimum absolute atomic E-state index is 0.00116. The Bertz CT molecular complexity index is 1440. The van der Waals surface area contributed by atoms with E-state index in [2.05, 4.69) is 0 Å². The maximum Gasteiger partial charge on any atom is 0.416 e. The summed E-state index contributed by atoms with van der Waals surface area (Å²) in [6, 6.07) is 18.6. The number of benzene rings is 3. The zero-order valence-electron chi connectivity index (χ0n) is 22.9. The van der Waals surface area contributed by atoms with Gasteiger partial charge in [0.1, 0.15) is 6.61 Å². The highest BCUT2D eigenvalue weighted by Crippen LogP contribution is 2.41. The number of nitrogens with two attached hydrogens (primary N) is 1. The number of primary amides is 1. The van der Waals surface area contributed by atoms with Crippen LogP contribution >= 0.6 is 0 Å². The SMILES string of the molecule is CC(OC[C@@]1(c2ccccc2)CC=C(C(N)=O)CN1C(=O)OCc1ccccc1)c1cc(C(F)(F)F)cc(C(F)(F)F)c1. The van der Waals surface area contributed by atoms with Gasteiger partial charge in [0, 0.05) is 5.57 Å². The maximum atomic E-state index is 13.6. The van der Waals surface area contributed by atoms with E-state index in [1.54, 1.807) is 60.7 Å². The quantitative estimate of drug-likeness (QED) is 0.276. The summed E-state index contributed by atoms with van der Waals surface area (Å²) >= 11 is 0. The lowest BCUT2D eigenvalue weighted by Gasteiger charge is -2.46. The first-order valence-electron chi connectivity index (χ1n) is 13.1. The van der Waals surface area contributed by atoms with E-state index in [0.717, 1.165) is 0 Å². The normalized spacial score (nSPS) is 18.1. The van der Waals surface area contributed by atoms with Crippen molar-refractivity contribution in [1.29, 1.82) is 0 Å². The van der Waals surface area contributed by atoms with E-state index in [1.165, 1.54) is 17.9 Å². The van der Waals surface area contributed by atoms with Gasteiger partial charge in [-0.15, -0.1) is 0 Å². The lowest BCUT2D eigenvalue weighted by Crippen LogP contribution is -2.55. The lowest BCUT2D eigenvalue weighted by molar-refractivity contribution is -0.143. The highest BCUT2D eigenvalue weighted by molar-refractivity contribution is 5.93. The Morgan fingerprint density at radius 3 is 2.00 bits per heavy atom. The molecule has 0 aliphatic carbocycles. The van der Waals surface area contributed by atoms with Gasteiger partial charge >= 0.3 is 18.4 Å². The number of rotatable bonds is 8. The Morgan fingerprint density at radius 1 is 0.907 bits per heavy atom. The molecular weight excluding hydrogens is 578 g/mol. The van der Waals surface area contributed by atoms with Crippen LogP contribution in [0, 0.1) is 0 Å². The van der Waals surface area contributed by atoms with E-state index in [-0.39, 0.29) is 43.4 Å². The van der Waals surface area contributed by atoms with Crippen LogP contribution in [0.3, 0.4) is 0 Å². The molecule has 0 aromatic heterocycles. The molecule has 0 bridgehead atoms. The molecule has 6 nitrogen and oxygen atoms in total. The number of alkyl halides is 6. The number of carbonyl (C=O) groups is 2. The Labute approximate surface area is 243 Å². The van der Waals surface area contributed by atoms with Crippen molar-refractivity contribution in [3.8, 4) is 0 Å². The van der Waals surface area contributed by atoms with Gasteiger partial charge in [-0.05, 0) is 48.2 Å². The number of hydrogen-bond acceptors (Lipinski definition) is 4. The van der Waals surface area contributed by atoms with Crippen molar-refractivity contribution in [2.45, 2.75) is 43.9 Å². The Hall–Kier alpha value is -4.32. The Balaban J connectivity index is 1.71. The van der Waals surface area contributed by atoms with Crippen LogP contribution in [-0.4, -0.2) is 30.1 Å². The summed E-state index contributed by atoms with van der Waals surface area (Å²) in [4.78, 5) is 26.9. The molecule has 1 heterocycles. The number of halogens is 6. The number of amides is 2. The van der Waals surface area contributed by atoms with Crippen molar-refractivity contribution in [1.82, 2.24) is 4.90 Å². The van der Waals surface area contributed by atoms with Gasteiger partial charge in [0.15, 0.2) is 0 Å². The Morgan fingerprint density at radius 2 is 1.47 bits per heavy atom. The van der Waals surface area contributed by atoms with Crippen LogP contribution in [0.4, 0.5) is 31.1 Å². The van der Waals surface area contributed by atoms with Gasteiger partial charge in [-0.3, -0.25) is 9.69 Å². The summed E-state index contributed by atoms with van der Waals surface area (Å²) in [5.74, 6) is -0.763. The highest BCUT2D eigenvalue weighted by atomic mass is 19.4. The van der Waals surface area contributed by atoms with E-state index in [0.29, 0.717) is 23.3 Å². The van der Waals surface area contributed by atoms with Gasteiger partial charge < -0.3 is 15.2 Å². The molecule has 3 aromatic rings. The molecule has 43 heavy (non-hydrogen) atoms. The fourth-order valence-corrected chi connectivity index (χ4v) is 4.82. The molecule has 2 N–H and O–H groups in total. The molecule has 3 aromatic carbocycles. The zero-order valence-corrected chi connectivity index (χ0v) is 22.9. The molecular formula is C31H28F6N2O4. The van der Waals surface area contributed by atoms with Crippen LogP contribution in [0.5, 0.6) is 0 Å². The number of ether oxygens (including phenoxy) is 2. The molecule has 2 atom stereocenters. The summed E-state index contributed by atoms with van der Waals surface area (Å²) in [6.45, 7) is 0.592. The maximum absolute atomic E-state index is 13.6. The largest absolute Gasteiger partial charge is 0.445 e. The average Bonchev–Trinajstić information content (AvgIpc) is 2.98. The summed E-state index contributed by atoms with van der Waals surface area (Å²) < 4.78 is 92.5. The van der Waals surface area contributed by atoms with E-state index >= 15 is 0 Å². The molecule has 1 unspecified atom stereocenters. The van der Waals surface area contributed by atoms with Crippen LogP contribution in [0.25, 0.3) is 0 Å². The predicted molar refractivity (Wildman–Crippen MR) is 144 cm³/mol. The zero-order chi connectivity index (χ0) is 31.4. The van der Waals surface area contributed by atoms with Crippen LogP contribution in [0.15, 0.2) is 90.5 Å². The summed E-state index contributed by atoms with van der Waals surface area (Å²) in [7, 11) is 0. The number of carbonyl (C=O) groups excluding carboxylic acids is 2. The molecule has 12 heteroatoms. The standard InChI is InChI=1S/C31H28F6N2O4/c1-20(23-14-25(30(32,33)34)16-26(15-23)31(35,36)37)43-19-29(24-10-6-3-7-11-24)13-12-22(27(38)40)17-39(29)28(41)42-18-21-8-4-2-5-9-21/h2-12,14-16,20H,13,17-19H2,1H3,(H2,38,40)/t20?,29-/m1/s1. The third kappa shape index (κ3) is 7.37. The smallest absolute Gasteiger partial charge is 0.416 e. The van der Waals surface area contributed by atoms with Crippen molar-refractivity contribution in [3.05, 3.63) is 118 Å². The fraction of sp³-hybridized carbons (Fsp3) is 0.290. The summed E-state index contributed by atoms with van der Waals surface area (Å²) in [5.41, 5.74) is 2.24. The molecule has 1 aliphatic rings. The predicted octanol–water partition coefficient (Wildman–Crippen LogP) is 7.15. The second kappa shape index (κ2) is 12.5. The topological polar surface area (TPSA) is 81.9 Å². The van der Waals surface area contributed by atoms with Crippen molar-refractivity contribution < 1.29 is 45.4 Å². The monoisotopic (exact) mass is 606 g/mol. The first kappa shape index (κ1) is 31.6. The van der Waals surface area contributed by atoms with Gasteiger partial charge in [0.25, 0.3) is 0 Å². The average molecular weight is 607 g/mol. The van der Waals surface area contributed by atoms with Crippen molar-refractivity contribution in [3.63, 3.8) is 0 Å². The van der Waals surface area contributed by atoms with Gasteiger partial charge in [0.2, 0.25) is 5.91 Å². The molecule has 0 saturated heterocycles. The van der Waals surface area contributed by atoms with Gasteiger partial charge in [-0.2, -0.15) is 26.3 Å². The molecule has 4 rings (SSSR count). The van der Waals surface area contributed by atoms with Crippen LogP contribution in [0.2, 0.25) is 0 Å². The third-order valence-electron chi connectivity index (χ3n) is 7.24. The second-order valence-corrected chi connectivity index (χ2v) is 10.1. The molecule has 0 spiro atoms. The first-order chi connectivity index (χ1) is 20.2. The lowest BCUT2D eigenvalue weighted by atomic mass is 9.81. The van der Waals surface area contributed by atoms with Crippen LogP contribution < -0.4 is 5.73 Å². The highest BCUT2D eigenvalue weighted by Gasteiger charge is 2.46. The van der Waals surface area contributed by atoms with E-state index in [9.17, 15) is 35.9 Å². The van der Waals surface area contributed by atoms with Gasteiger partial charge in [-0.25, -0.2) is 4.79 Å². The van der Waals surface area contributed by atoms with E-state index in [4.69, 9.17) is 15.2 Å². The third-order valence-corrected chi connectivity index (χ3v) is 7.24. The minimum Gasteiger partial charge on any atom is -0.445 e. The van der Waals surface area contributed by atoms with Crippen molar-refractivity contribution in [2.24, 2.45) is 5.73 Å². The summed E-state index contributed by atoms with van der Waals surface area (Å²) in [5, 5.41) is 0. The second-order valence-electron chi connectivity index (χ2n) is 10.1. The van der Waals surface area contributed by atoms with Crippen molar-refractivity contribution in [2.75, 3.05) is 13.2 Å². The molecule has 1 aliphatic heterocycles. The molecule has 228 valence electrons. The van der Waals surface area contributed by atoms with Crippen molar-refractivity contribution >= 4 is 12.0 Å². The first-order valence-corrected chi connectivity index (χ1v) is 13.1. The molecule has 0 saturated carbocycles. The Kier molecular flexibility index (Phi) is 9.19. The summed E-state index contributed by atoms with van der Waals surface area (Å²) in [6.07, 6.45) is -10.6. The number of hydrogen-bond donors (Lipinski definition) is 1. The van der Waals surface area contributed by atoms with Gasteiger partial charge in [0.05, 0.1) is 35.9 Å².